The summed E-state index contributed by atoms with van der Waals surface area (Å²) in [6.07, 6.45) is 2.31. The minimum atomic E-state index is 0. The van der Waals surface area contributed by atoms with Crippen LogP contribution in [0.3, 0.4) is 0 Å². The Morgan fingerprint density at radius 2 is 1.94 bits per heavy atom. The molecular formula is C24H38IN5O2. The molecule has 1 aliphatic rings. The molecule has 0 aliphatic carbocycles. The molecule has 0 radical (unpaired) electrons. The van der Waals surface area contributed by atoms with Gasteiger partial charge in [0.1, 0.15) is 11.5 Å². The van der Waals surface area contributed by atoms with Crippen molar-refractivity contribution >= 4 is 29.9 Å². The first kappa shape index (κ1) is 26.4. The van der Waals surface area contributed by atoms with E-state index >= 15 is 0 Å². The SMILES string of the molecule is CCNC(=NCC1CCN(Cc2nc(C)c(C)o2)CC1)N(C)Cc1ccc(OC)cc1.I. The zero-order valence-electron chi connectivity index (χ0n) is 20.1. The molecule has 1 saturated heterocycles. The molecule has 3 rings (SSSR count). The second kappa shape index (κ2) is 13.0. The van der Waals surface area contributed by atoms with Gasteiger partial charge in [-0.05, 0) is 70.3 Å². The van der Waals surface area contributed by atoms with Crippen molar-refractivity contribution in [3.05, 3.63) is 47.2 Å². The molecule has 2 heterocycles. The number of aromatic nitrogens is 1. The molecule has 0 saturated carbocycles. The van der Waals surface area contributed by atoms with E-state index in [0.717, 1.165) is 81.2 Å². The largest absolute Gasteiger partial charge is 0.497 e. The fraction of sp³-hybridized carbons (Fsp3) is 0.583. The Morgan fingerprint density at radius 3 is 2.50 bits per heavy atom. The van der Waals surface area contributed by atoms with Crippen molar-refractivity contribution in [2.45, 2.75) is 46.7 Å². The van der Waals surface area contributed by atoms with E-state index in [1.807, 2.05) is 26.0 Å². The van der Waals surface area contributed by atoms with Crippen LogP contribution >= 0.6 is 24.0 Å². The molecule has 1 aromatic carbocycles. The molecule has 178 valence electrons. The summed E-state index contributed by atoms with van der Waals surface area (Å²) in [7, 11) is 3.78. The van der Waals surface area contributed by atoms with Crippen LogP contribution in [0.2, 0.25) is 0 Å². The second-order valence-corrected chi connectivity index (χ2v) is 8.37. The molecule has 2 aromatic rings. The predicted molar refractivity (Wildman–Crippen MR) is 140 cm³/mol. The summed E-state index contributed by atoms with van der Waals surface area (Å²) >= 11 is 0. The van der Waals surface area contributed by atoms with Crippen molar-refractivity contribution in [1.82, 2.24) is 20.1 Å². The molecular weight excluding hydrogens is 517 g/mol. The van der Waals surface area contributed by atoms with E-state index in [1.165, 1.54) is 5.56 Å². The molecule has 1 fully saturated rings. The molecule has 0 atom stereocenters. The summed E-state index contributed by atoms with van der Waals surface area (Å²) in [5, 5.41) is 3.43. The van der Waals surface area contributed by atoms with E-state index < -0.39 is 0 Å². The Kier molecular flexibility index (Phi) is 10.8. The zero-order valence-corrected chi connectivity index (χ0v) is 22.4. The number of oxazole rings is 1. The van der Waals surface area contributed by atoms with Gasteiger partial charge >= 0.3 is 0 Å². The summed E-state index contributed by atoms with van der Waals surface area (Å²) < 4.78 is 11.0. The quantitative estimate of drug-likeness (QED) is 0.299. The van der Waals surface area contributed by atoms with Crippen LogP contribution in [-0.4, -0.2) is 61.1 Å². The van der Waals surface area contributed by atoms with E-state index in [0.29, 0.717) is 5.92 Å². The van der Waals surface area contributed by atoms with Crippen LogP contribution in [-0.2, 0) is 13.1 Å². The number of rotatable bonds is 8. The van der Waals surface area contributed by atoms with E-state index in [4.69, 9.17) is 14.1 Å². The number of methoxy groups -OCH3 is 1. The molecule has 1 aliphatic heterocycles. The number of benzene rings is 1. The third-order valence-electron chi connectivity index (χ3n) is 5.91. The van der Waals surface area contributed by atoms with Crippen molar-refractivity contribution in [2.24, 2.45) is 10.9 Å². The van der Waals surface area contributed by atoms with E-state index in [2.05, 4.69) is 46.2 Å². The van der Waals surface area contributed by atoms with Gasteiger partial charge in [0.15, 0.2) is 5.96 Å². The number of likely N-dealkylation sites (tertiary alicyclic amines) is 1. The third kappa shape index (κ3) is 7.65. The molecule has 1 N–H and O–H groups in total. The lowest BCUT2D eigenvalue weighted by atomic mass is 9.97. The van der Waals surface area contributed by atoms with Gasteiger partial charge in [0, 0.05) is 26.7 Å². The standard InChI is InChI=1S/C24H37N5O2.HI/c1-6-25-24(28(4)16-21-7-9-22(30-5)10-8-21)26-15-20-11-13-29(14-12-20)17-23-27-18(2)19(3)31-23;/h7-10,20H,6,11-17H2,1-5H3,(H,25,26);1H. The molecule has 32 heavy (non-hydrogen) atoms. The number of ether oxygens (including phenoxy) is 1. The number of hydrogen-bond donors (Lipinski definition) is 1. The van der Waals surface area contributed by atoms with E-state index in [1.54, 1.807) is 7.11 Å². The average molecular weight is 556 g/mol. The minimum Gasteiger partial charge on any atom is -0.497 e. The predicted octanol–water partition coefficient (Wildman–Crippen LogP) is 4.23. The normalized spacial score (nSPS) is 15.3. The average Bonchev–Trinajstić information content (AvgIpc) is 3.09. The molecule has 1 aromatic heterocycles. The van der Waals surface area contributed by atoms with Crippen LogP contribution in [0.25, 0.3) is 0 Å². The van der Waals surface area contributed by atoms with Crippen LogP contribution in [0, 0.1) is 19.8 Å². The summed E-state index contributed by atoms with van der Waals surface area (Å²) in [6.45, 7) is 11.6. The Bertz CT molecular complexity index is 825. The van der Waals surface area contributed by atoms with Gasteiger partial charge in [-0.15, -0.1) is 24.0 Å². The smallest absolute Gasteiger partial charge is 0.208 e. The Hall–Kier alpha value is -1.81. The number of hydrogen-bond acceptors (Lipinski definition) is 5. The summed E-state index contributed by atoms with van der Waals surface area (Å²) in [5.74, 6) is 4.22. The van der Waals surface area contributed by atoms with Gasteiger partial charge in [-0.3, -0.25) is 9.89 Å². The molecule has 0 unspecified atom stereocenters. The lowest BCUT2D eigenvalue weighted by molar-refractivity contribution is 0.166. The Morgan fingerprint density at radius 1 is 1.25 bits per heavy atom. The van der Waals surface area contributed by atoms with Gasteiger partial charge in [-0.1, -0.05) is 12.1 Å². The van der Waals surface area contributed by atoms with Gasteiger partial charge in [0.25, 0.3) is 0 Å². The topological polar surface area (TPSA) is 66.1 Å². The monoisotopic (exact) mass is 555 g/mol. The molecule has 0 spiro atoms. The lowest BCUT2D eigenvalue weighted by Gasteiger charge is -2.30. The van der Waals surface area contributed by atoms with Crippen LogP contribution in [0.15, 0.2) is 33.7 Å². The van der Waals surface area contributed by atoms with Crippen LogP contribution < -0.4 is 10.1 Å². The maximum Gasteiger partial charge on any atom is 0.208 e. The number of piperidine rings is 1. The number of aryl methyl sites for hydroxylation is 2. The lowest BCUT2D eigenvalue weighted by Crippen LogP contribution is -2.39. The third-order valence-corrected chi connectivity index (χ3v) is 5.91. The first-order chi connectivity index (χ1) is 15.0. The fourth-order valence-corrected chi connectivity index (χ4v) is 3.89. The van der Waals surface area contributed by atoms with Crippen LogP contribution in [0.4, 0.5) is 0 Å². The molecule has 0 amide bonds. The van der Waals surface area contributed by atoms with E-state index in [9.17, 15) is 0 Å². The fourth-order valence-electron chi connectivity index (χ4n) is 3.89. The van der Waals surface area contributed by atoms with Gasteiger partial charge in [0.2, 0.25) is 5.89 Å². The maximum atomic E-state index is 5.74. The Labute approximate surface area is 209 Å². The number of guanidine groups is 1. The van der Waals surface area contributed by atoms with Crippen molar-refractivity contribution in [1.29, 1.82) is 0 Å². The van der Waals surface area contributed by atoms with Crippen molar-refractivity contribution < 1.29 is 9.15 Å². The van der Waals surface area contributed by atoms with E-state index in [-0.39, 0.29) is 24.0 Å². The summed E-state index contributed by atoms with van der Waals surface area (Å²) in [4.78, 5) is 14.1. The summed E-state index contributed by atoms with van der Waals surface area (Å²) in [6, 6.07) is 8.21. The van der Waals surface area contributed by atoms with Crippen molar-refractivity contribution in [3.63, 3.8) is 0 Å². The second-order valence-electron chi connectivity index (χ2n) is 8.37. The highest BCUT2D eigenvalue weighted by molar-refractivity contribution is 14.0. The van der Waals surface area contributed by atoms with Crippen LogP contribution in [0.1, 0.15) is 42.7 Å². The number of nitrogens with zero attached hydrogens (tertiary/aromatic N) is 4. The first-order valence-corrected chi connectivity index (χ1v) is 11.3. The van der Waals surface area contributed by atoms with Crippen molar-refractivity contribution in [2.75, 3.05) is 40.3 Å². The molecule has 7 nitrogen and oxygen atoms in total. The van der Waals surface area contributed by atoms with Crippen molar-refractivity contribution in [3.8, 4) is 5.75 Å². The maximum absolute atomic E-state index is 5.74. The highest BCUT2D eigenvalue weighted by Crippen LogP contribution is 2.20. The van der Waals surface area contributed by atoms with Gasteiger partial charge in [-0.25, -0.2) is 4.98 Å². The zero-order chi connectivity index (χ0) is 22.2. The Balaban J connectivity index is 0.00000363. The number of nitrogens with one attached hydrogen (secondary N) is 1. The number of aliphatic imine (C=N–C) groups is 1. The van der Waals surface area contributed by atoms with Gasteiger partial charge < -0.3 is 19.4 Å². The first-order valence-electron chi connectivity index (χ1n) is 11.3. The highest BCUT2D eigenvalue weighted by atomic mass is 127. The highest BCUT2D eigenvalue weighted by Gasteiger charge is 2.21. The van der Waals surface area contributed by atoms with Crippen LogP contribution in [0.5, 0.6) is 5.75 Å². The molecule has 8 heteroatoms. The molecule has 0 bridgehead atoms. The van der Waals surface area contributed by atoms with Gasteiger partial charge in [0.05, 0.1) is 19.3 Å². The summed E-state index contributed by atoms with van der Waals surface area (Å²) in [5.41, 5.74) is 2.23. The minimum absolute atomic E-state index is 0. The van der Waals surface area contributed by atoms with Gasteiger partial charge in [-0.2, -0.15) is 0 Å². The number of halogens is 1.